The van der Waals surface area contributed by atoms with E-state index < -0.39 is 0 Å². The maximum absolute atomic E-state index is 4.60. The molecule has 6 heteroatoms. The van der Waals surface area contributed by atoms with Crippen LogP contribution in [0.15, 0.2) is 73.6 Å². The molecular formula is C20H16N6. The third-order valence-electron chi connectivity index (χ3n) is 4.54. The van der Waals surface area contributed by atoms with Crippen LogP contribution in [0.1, 0.15) is 0 Å². The summed E-state index contributed by atoms with van der Waals surface area (Å²) in [5.74, 6) is 0. The summed E-state index contributed by atoms with van der Waals surface area (Å²) >= 11 is 0. The molecule has 0 fully saturated rings. The molecule has 0 saturated heterocycles. The highest BCUT2D eigenvalue weighted by Crippen LogP contribution is 2.27. The van der Waals surface area contributed by atoms with Crippen molar-refractivity contribution < 1.29 is 0 Å². The molecule has 0 amide bonds. The lowest BCUT2D eigenvalue weighted by atomic mass is 10.1. The highest BCUT2D eigenvalue weighted by Gasteiger charge is 2.09. The minimum absolute atomic E-state index is 0.958. The molecular weight excluding hydrogens is 324 g/mol. The summed E-state index contributed by atoms with van der Waals surface area (Å²) in [7, 11) is 1.92. The maximum atomic E-state index is 4.60. The Bertz CT molecular complexity index is 1200. The van der Waals surface area contributed by atoms with E-state index in [-0.39, 0.29) is 0 Å². The Morgan fingerprint density at radius 3 is 2.65 bits per heavy atom. The first-order valence-corrected chi connectivity index (χ1v) is 8.34. The molecule has 0 bridgehead atoms. The van der Waals surface area contributed by atoms with E-state index in [4.69, 9.17) is 0 Å². The molecule has 0 atom stereocenters. The third-order valence-corrected chi connectivity index (χ3v) is 4.54. The number of hydrogen-bond donors (Lipinski definition) is 1. The Labute approximate surface area is 149 Å². The molecule has 0 aliphatic carbocycles. The molecule has 26 heavy (non-hydrogen) atoms. The van der Waals surface area contributed by atoms with E-state index in [1.54, 1.807) is 4.68 Å². The molecule has 6 nitrogen and oxygen atoms in total. The zero-order chi connectivity index (χ0) is 17.5. The maximum Gasteiger partial charge on any atom is 0.100 e. The lowest BCUT2D eigenvalue weighted by molar-refractivity contribution is 0.768. The van der Waals surface area contributed by atoms with Crippen molar-refractivity contribution in [3.8, 4) is 27.9 Å². The average Bonchev–Trinajstić information content (AvgIpc) is 3.42. The Balaban J connectivity index is 1.59. The van der Waals surface area contributed by atoms with Crippen LogP contribution in [0.4, 0.5) is 0 Å². The summed E-state index contributed by atoms with van der Waals surface area (Å²) < 4.78 is 3.91. The predicted molar refractivity (Wildman–Crippen MR) is 101 cm³/mol. The van der Waals surface area contributed by atoms with Gasteiger partial charge in [0, 0.05) is 36.3 Å². The smallest absolute Gasteiger partial charge is 0.100 e. The largest absolute Gasteiger partial charge is 0.299 e. The van der Waals surface area contributed by atoms with Crippen molar-refractivity contribution in [1.82, 2.24) is 29.5 Å². The SMILES string of the molecule is Cn1cc(-c2ccc3c(c2)ncn3-c2cccc(-c3cn[nH]c3)c2)cn1. The molecule has 0 radical (unpaired) electrons. The number of aromatic nitrogens is 6. The number of hydrogen-bond acceptors (Lipinski definition) is 3. The lowest BCUT2D eigenvalue weighted by Crippen LogP contribution is -1.92. The number of imidazole rings is 1. The molecule has 0 aliphatic rings. The Hall–Kier alpha value is -3.67. The van der Waals surface area contributed by atoms with Gasteiger partial charge in [0.2, 0.25) is 0 Å². The first-order chi connectivity index (χ1) is 12.8. The van der Waals surface area contributed by atoms with Crippen molar-refractivity contribution in [3.63, 3.8) is 0 Å². The highest BCUT2D eigenvalue weighted by atomic mass is 15.2. The van der Waals surface area contributed by atoms with Crippen molar-refractivity contribution in [2.24, 2.45) is 7.05 Å². The van der Waals surface area contributed by atoms with E-state index in [1.807, 2.05) is 44.2 Å². The van der Waals surface area contributed by atoms with Crippen LogP contribution >= 0.6 is 0 Å². The lowest BCUT2D eigenvalue weighted by Gasteiger charge is -2.07. The number of fused-ring (bicyclic) bond motifs is 1. The number of rotatable bonds is 3. The van der Waals surface area contributed by atoms with Gasteiger partial charge in [0.05, 0.1) is 23.4 Å². The molecule has 5 rings (SSSR count). The van der Waals surface area contributed by atoms with Gasteiger partial charge in [-0.05, 0) is 35.4 Å². The average molecular weight is 340 g/mol. The van der Waals surface area contributed by atoms with Gasteiger partial charge in [0.1, 0.15) is 6.33 Å². The van der Waals surface area contributed by atoms with Crippen molar-refractivity contribution in [2.45, 2.75) is 0 Å². The number of H-pyrrole nitrogens is 1. The monoisotopic (exact) mass is 340 g/mol. The molecule has 2 aromatic carbocycles. The van der Waals surface area contributed by atoms with Gasteiger partial charge in [-0.15, -0.1) is 0 Å². The minimum atomic E-state index is 0.958. The minimum Gasteiger partial charge on any atom is -0.299 e. The zero-order valence-corrected chi connectivity index (χ0v) is 14.2. The van der Waals surface area contributed by atoms with Gasteiger partial charge >= 0.3 is 0 Å². The van der Waals surface area contributed by atoms with Crippen LogP contribution in [0.2, 0.25) is 0 Å². The second-order valence-electron chi connectivity index (χ2n) is 6.26. The third kappa shape index (κ3) is 2.39. The van der Waals surface area contributed by atoms with Gasteiger partial charge < -0.3 is 0 Å². The number of nitrogens with one attached hydrogen (secondary N) is 1. The fourth-order valence-corrected chi connectivity index (χ4v) is 3.21. The van der Waals surface area contributed by atoms with E-state index in [0.29, 0.717) is 0 Å². The Morgan fingerprint density at radius 1 is 0.923 bits per heavy atom. The van der Waals surface area contributed by atoms with Crippen LogP contribution in [0.3, 0.4) is 0 Å². The molecule has 0 unspecified atom stereocenters. The second kappa shape index (κ2) is 5.70. The molecule has 126 valence electrons. The summed E-state index contributed by atoms with van der Waals surface area (Å²) in [6.45, 7) is 0. The van der Waals surface area contributed by atoms with Gasteiger partial charge in [-0.2, -0.15) is 10.2 Å². The fraction of sp³-hybridized carbons (Fsp3) is 0.0500. The summed E-state index contributed by atoms with van der Waals surface area (Å²) in [6.07, 6.45) is 9.46. The van der Waals surface area contributed by atoms with Crippen molar-refractivity contribution in [3.05, 3.63) is 73.6 Å². The van der Waals surface area contributed by atoms with Gasteiger partial charge in [-0.1, -0.05) is 18.2 Å². The van der Waals surface area contributed by atoms with Crippen LogP contribution in [-0.4, -0.2) is 29.5 Å². The van der Waals surface area contributed by atoms with Gasteiger partial charge in [-0.25, -0.2) is 4.98 Å². The molecule has 0 spiro atoms. The van der Waals surface area contributed by atoms with Crippen molar-refractivity contribution in [2.75, 3.05) is 0 Å². The molecule has 3 heterocycles. The van der Waals surface area contributed by atoms with Crippen LogP contribution in [0.5, 0.6) is 0 Å². The summed E-state index contributed by atoms with van der Waals surface area (Å²) in [5, 5.41) is 11.1. The molecule has 3 aromatic heterocycles. The molecule has 0 aliphatic heterocycles. The Kier molecular flexibility index (Phi) is 3.21. The summed E-state index contributed by atoms with van der Waals surface area (Å²) in [6, 6.07) is 14.7. The van der Waals surface area contributed by atoms with Gasteiger partial charge in [-0.3, -0.25) is 14.3 Å². The standard InChI is InChI=1S/C20H16N6/c1-25-12-17(11-24-25)15-5-6-20-19(8-15)21-13-26(20)18-4-2-3-14(7-18)16-9-22-23-10-16/h2-13H,1H3,(H,22,23). The first kappa shape index (κ1) is 14.7. The van der Waals surface area contributed by atoms with E-state index in [2.05, 4.69) is 61.2 Å². The van der Waals surface area contributed by atoms with E-state index >= 15 is 0 Å². The van der Waals surface area contributed by atoms with Crippen LogP contribution in [-0.2, 0) is 7.05 Å². The number of nitrogens with zero attached hydrogens (tertiary/aromatic N) is 5. The van der Waals surface area contributed by atoms with Gasteiger partial charge in [0.25, 0.3) is 0 Å². The summed E-state index contributed by atoms with van der Waals surface area (Å²) in [5.41, 5.74) is 7.48. The van der Waals surface area contributed by atoms with Crippen LogP contribution < -0.4 is 0 Å². The van der Waals surface area contributed by atoms with E-state index in [1.165, 1.54) is 0 Å². The topological polar surface area (TPSA) is 64.3 Å². The summed E-state index contributed by atoms with van der Waals surface area (Å²) in [4.78, 5) is 4.60. The van der Waals surface area contributed by atoms with Crippen LogP contribution in [0.25, 0.3) is 39.0 Å². The molecule has 5 aromatic rings. The van der Waals surface area contributed by atoms with Gasteiger partial charge in [0.15, 0.2) is 0 Å². The van der Waals surface area contributed by atoms with E-state index in [0.717, 1.165) is 39.0 Å². The predicted octanol–water partition coefficient (Wildman–Crippen LogP) is 3.82. The zero-order valence-electron chi connectivity index (χ0n) is 14.2. The molecule has 0 saturated carbocycles. The quantitative estimate of drug-likeness (QED) is 0.543. The fourth-order valence-electron chi connectivity index (χ4n) is 3.21. The number of benzene rings is 2. The van der Waals surface area contributed by atoms with E-state index in [9.17, 15) is 0 Å². The first-order valence-electron chi connectivity index (χ1n) is 8.34. The Morgan fingerprint density at radius 2 is 1.85 bits per heavy atom. The highest BCUT2D eigenvalue weighted by molar-refractivity contribution is 5.83. The molecule has 1 N–H and O–H groups in total. The van der Waals surface area contributed by atoms with Crippen molar-refractivity contribution in [1.29, 1.82) is 0 Å². The second-order valence-corrected chi connectivity index (χ2v) is 6.26. The number of aryl methyl sites for hydroxylation is 1. The number of aromatic amines is 1. The normalized spacial score (nSPS) is 11.3. The van der Waals surface area contributed by atoms with Crippen LogP contribution in [0, 0.1) is 0 Å². The van der Waals surface area contributed by atoms with Crippen molar-refractivity contribution >= 4 is 11.0 Å².